The van der Waals surface area contributed by atoms with Crippen molar-refractivity contribution in [1.82, 2.24) is 21.3 Å². The summed E-state index contributed by atoms with van der Waals surface area (Å²) in [4.78, 5) is 34.1. The van der Waals surface area contributed by atoms with Crippen LogP contribution in [0.2, 0.25) is 0 Å². The lowest BCUT2D eigenvalue weighted by Crippen LogP contribution is -2.50. The molecule has 0 aromatic heterocycles. The first-order valence-corrected chi connectivity index (χ1v) is 7.42. The second-order valence-electron chi connectivity index (χ2n) is 5.28. The summed E-state index contributed by atoms with van der Waals surface area (Å²) in [5, 5.41) is 10.6. The van der Waals surface area contributed by atoms with Gasteiger partial charge in [0.05, 0.1) is 13.2 Å². The average molecular weight is 319 g/mol. The number of fused-ring (bicyclic) bond motifs is 1. The summed E-state index contributed by atoms with van der Waals surface area (Å²) < 4.78 is 0. The van der Waals surface area contributed by atoms with Gasteiger partial charge in [-0.2, -0.15) is 0 Å². The van der Waals surface area contributed by atoms with Crippen LogP contribution in [-0.2, 0) is 14.4 Å². The van der Waals surface area contributed by atoms with Gasteiger partial charge in [0.15, 0.2) is 0 Å². The van der Waals surface area contributed by atoms with Crippen LogP contribution in [0.1, 0.15) is 12.8 Å². The molecule has 2 atom stereocenters. The fraction of sp³-hybridized carbons (Fsp3) is 0.400. The van der Waals surface area contributed by atoms with Gasteiger partial charge in [-0.05, 0) is 12.5 Å². The molecule has 0 spiro atoms. The molecule has 8 heteroatoms. The van der Waals surface area contributed by atoms with Gasteiger partial charge in [-0.25, -0.2) is 0 Å². The average Bonchev–Trinajstić information content (AvgIpc) is 2.94. The molecule has 0 saturated carbocycles. The van der Waals surface area contributed by atoms with Crippen molar-refractivity contribution in [1.29, 1.82) is 0 Å². The highest BCUT2D eigenvalue weighted by Gasteiger charge is 2.26. The van der Waals surface area contributed by atoms with Gasteiger partial charge in [0.25, 0.3) is 0 Å². The molecular formula is C15H21N5O3. The topological polar surface area (TPSA) is 125 Å². The smallest absolute Gasteiger partial charge is 0.243 e. The van der Waals surface area contributed by atoms with Crippen LogP contribution < -0.4 is 27.0 Å². The Morgan fingerprint density at radius 1 is 1.48 bits per heavy atom. The summed E-state index contributed by atoms with van der Waals surface area (Å²) in [6, 6.07) is -0.757. The van der Waals surface area contributed by atoms with Gasteiger partial charge in [0.1, 0.15) is 6.04 Å². The van der Waals surface area contributed by atoms with E-state index in [0.717, 1.165) is 17.8 Å². The zero-order valence-electron chi connectivity index (χ0n) is 12.7. The Hall–Kier alpha value is -2.61. The molecule has 1 heterocycles. The molecule has 0 aromatic carbocycles. The van der Waals surface area contributed by atoms with Crippen LogP contribution in [0.15, 0.2) is 35.7 Å². The highest BCUT2D eigenvalue weighted by Crippen LogP contribution is 2.28. The molecule has 2 rings (SSSR count). The van der Waals surface area contributed by atoms with Gasteiger partial charge < -0.3 is 27.0 Å². The van der Waals surface area contributed by atoms with Crippen LogP contribution in [-0.4, -0.2) is 37.5 Å². The van der Waals surface area contributed by atoms with E-state index in [2.05, 4.69) is 33.4 Å². The fourth-order valence-electron chi connectivity index (χ4n) is 2.56. The molecular weight excluding hydrogens is 298 g/mol. The standard InChI is InChI=1S/C15H21N5O3/c16-8-18-15(23)13(20-14(22)7-17-9-21)6-11-5-10-3-1-2-4-12(10)19-11/h1-2,4-5,9-10,13,19H,3,6-8,16H2,(H,17,21)(H,18,23)(H,20,22)/t10?,13-/m0/s1. The van der Waals surface area contributed by atoms with Gasteiger partial charge in [-0.3, -0.25) is 14.4 Å². The van der Waals surface area contributed by atoms with E-state index in [1.54, 1.807) is 0 Å². The van der Waals surface area contributed by atoms with Crippen molar-refractivity contribution in [2.45, 2.75) is 18.9 Å². The van der Waals surface area contributed by atoms with E-state index in [1.807, 2.05) is 12.2 Å². The summed E-state index contributed by atoms with van der Waals surface area (Å²) in [6.45, 7) is -0.192. The molecule has 0 radical (unpaired) electrons. The SMILES string of the molecule is NCNC(=O)[C@H](CC1=CC2CC=CC=C2N1)NC(=O)CNC=O. The lowest BCUT2D eigenvalue weighted by Gasteiger charge is -2.19. The number of nitrogens with one attached hydrogen (secondary N) is 4. The van der Waals surface area contributed by atoms with Crippen LogP contribution in [0.4, 0.5) is 0 Å². The number of allylic oxidation sites excluding steroid dienone is 4. The maximum Gasteiger partial charge on any atom is 0.243 e. The Labute approximate surface area is 134 Å². The first-order chi connectivity index (χ1) is 11.1. The molecule has 124 valence electrons. The summed E-state index contributed by atoms with van der Waals surface area (Å²) >= 11 is 0. The van der Waals surface area contributed by atoms with Crippen molar-refractivity contribution in [2.24, 2.45) is 11.7 Å². The zero-order valence-corrected chi connectivity index (χ0v) is 12.7. The third kappa shape index (κ3) is 4.68. The first kappa shape index (κ1) is 16.8. The highest BCUT2D eigenvalue weighted by molar-refractivity contribution is 5.89. The molecule has 23 heavy (non-hydrogen) atoms. The Bertz CT molecular complexity index is 567. The normalized spacial score (nSPS) is 19.6. The number of carbonyl (C=O) groups is 3. The second-order valence-corrected chi connectivity index (χ2v) is 5.28. The minimum Gasteiger partial charge on any atom is -0.362 e. The van der Waals surface area contributed by atoms with E-state index in [1.165, 1.54) is 0 Å². The van der Waals surface area contributed by atoms with E-state index in [0.29, 0.717) is 18.7 Å². The minimum absolute atomic E-state index is 0.0119. The second kappa shape index (κ2) is 8.14. The molecule has 1 aliphatic heterocycles. The Morgan fingerprint density at radius 3 is 3.00 bits per heavy atom. The van der Waals surface area contributed by atoms with Crippen LogP contribution in [0.5, 0.6) is 0 Å². The Balaban J connectivity index is 1.98. The van der Waals surface area contributed by atoms with Crippen molar-refractivity contribution in [3.8, 4) is 0 Å². The Morgan fingerprint density at radius 2 is 2.30 bits per heavy atom. The van der Waals surface area contributed by atoms with Crippen molar-refractivity contribution in [3.63, 3.8) is 0 Å². The van der Waals surface area contributed by atoms with Crippen LogP contribution in [0, 0.1) is 5.92 Å². The van der Waals surface area contributed by atoms with Gasteiger partial charge in [-0.1, -0.05) is 18.2 Å². The van der Waals surface area contributed by atoms with Crippen molar-refractivity contribution >= 4 is 18.2 Å². The van der Waals surface area contributed by atoms with Crippen molar-refractivity contribution in [3.05, 3.63) is 35.7 Å². The molecule has 0 bridgehead atoms. The maximum atomic E-state index is 12.1. The molecule has 3 amide bonds. The van der Waals surface area contributed by atoms with Gasteiger partial charge >= 0.3 is 0 Å². The predicted octanol–water partition coefficient (Wildman–Crippen LogP) is -1.41. The number of hydrogen-bond donors (Lipinski definition) is 5. The van der Waals surface area contributed by atoms with E-state index in [9.17, 15) is 14.4 Å². The van der Waals surface area contributed by atoms with Crippen LogP contribution in [0.25, 0.3) is 0 Å². The molecule has 6 N–H and O–H groups in total. The van der Waals surface area contributed by atoms with E-state index in [4.69, 9.17) is 5.73 Å². The largest absolute Gasteiger partial charge is 0.362 e. The van der Waals surface area contributed by atoms with Gasteiger partial charge in [0, 0.05) is 23.7 Å². The number of rotatable bonds is 8. The Kier molecular flexibility index (Phi) is 5.93. The number of hydrogen-bond acceptors (Lipinski definition) is 5. The quantitative estimate of drug-likeness (QED) is 0.277. The molecule has 0 fully saturated rings. The summed E-state index contributed by atoms with van der Waals surface area (Å²) in [5.41, 5.74) is 7.30. The number of nitrogens with two attached hydrogens (primary N) is 1. The lowest BCUT2D eigenvalue weighted by molar-refractivity contribution is -0.128. The summed E-state index contributed by atoms with van der Waals surface area (Å²) in [6.07, 6.45) is 9.80. The van der Waals surface area contributed by atoms with E-state index < -0.39 is 11.9 Å². The number of carbonyl (C=O) groups excluding carboxylic acids is 3. The fourth-order valence-corrected chi connectivity index (χ4v) is 2.56. The maximum absolute atomic E-state index is 12.1. The highest BCUT2D eigenvalue weighted by atomic mass is 16.2. The monoisotopic (exact) mass is 319 g/mol. The molecule has 8 nitrogen and oxygen atoms in total. The lowest BCUT2D eigenvalue weighted by atomic mass is 9.99. The predicted molar refractivity (Wildman–Crippen MR) is 84.4 cm³/mol. The molecule has 2 aliphatic rings. The third-order valence-electron chi connectivity index (χ3n) is 3.61. The van der Waals surface area contributed by atoms with E-state index >= 15 is 0 Å². The van der Waals surface area contributed by atoms with Crippen molar-refractivity contribution in [2.75, 3.05) is 13.2 Å². The van der Waals surface area contributed by atoms with E-state index in [-0.39, 0.29) is 19.1 Å². The first-order valence-electron chi connectivity index (χ1n) is 7.42. The van der Waals surface area contributed by atoms with Gasteiger partial charge in [0.2, 0.25) is 18.2 Å². The minimum atomic E-state index is -0.757. The van der Waals surface area contributed by atoms with Crippen molar-refractivity contribution < 1.29 is 14.4 Å². The van der Waals surface area contributed by atoms with Gasteiger partial charge in [-0.15, -0.1) is 0 Å². The van der Waals surface area contributed by atoms with Crippen LogP contribution >= 0.6 is 0 Å². The summed E-state index contributed by atoms with van der Waals surface area (Å²) in [5.74, 6) is -0.511. The molecule has 1 unspecified atom stereocenters. The zero-order chi connectivity index (χ0) is 16.7. The number of amides is 3. The summed E-state index contributed by atoms with van der Waals surface area (Å²) in [7, 11) is 0. The third-order valence-corrected chi connectivity index (χ3v) is 3.61. The van der Waals surface area contributed by atoms with Crippen LogP contribution in [0.3, 0.4) is 0 Å². The molecule has 0 saturated heterocycles. The molecule has 1 aliphatic carbocycles. The molecule has 0 aromatic rings.